The van der Waals surface area contributed by atoms with Gasteiger partial charge in [0.2, 0.25) is 0 Å². The Kier molecular flexibility index (Phi) is 3.28. The minimum Gasteiger partial charge on any atom is -0.493 e. The van der Waals surface area contributed by atoms with E-state index in [1.807, 2.05) is 12.1 Å². The van der Waals surface area contributed by atoms with Gasteiger partial charge in [0.15, 0.2) is 11.5 Å². The van der Waals surface area contributed by atoms with Crippen molar-refractivity contribution in [1.82, 2.24) is 9.55 Å². The number of alkyl halides is 1. The van der Waals surface area contributed by atoms with Gasteiger partial charge in [-0.15, -0.1) is 11.6 Å². The number of fused-ring (bicyclic) bond motifs is 1. The van der Waals surface area contributed by atoms with Crippen LogP contribution in [0.1, 0.15) is 25.6 Å². The molecule has 0 amide bonds. The zero-order chi connectivity index (χ0) is 14.3. The van der Waals surface area contributed by atoms with Crippen LogP contribution in [0, 0.1) is 5.41 Å². The third-order valence-electron chi connectivity index (χ3n) is 4.10. The summed E-state index contributed by atoms with van der Waals surface area (Å²) in [6, 6.07) is 3.90. The second-order valence-electron chi connectivity index (χ2n) is 5.75. The Bertz CT molecular complexity index is 647. The quantitative estimate of drug-likeness (QED) is 0.791. The normalized spacial score (nSPS) is 16.4. The van der Waals surface area contributed by atoms with E-state index in [-0.39, 0.29) is 0 Å². The zero-order valence-electron chi connectivity index (χ0n) is 12.1. The van der Waals surface area contributed by atoms with Gasteiger partial charge in [0.25, 0.3) is 0 Å². The maximum absolute atomic E-state index is 6.05. The first-order chi connectivity index (χ1) is 9.60. The van der Waals surface area contributed by atoms with E-state index in [0.717, 1.165) is 29.2 Å². The van der Waals surface area contributed by atoms with Gasteiger partial charge in [0.1, 0.15) is 5.82 Å². The SMILES string of the molecule is COc1cc2nc(CCl)n(CC3(C)CC3)c2cc1OC. The van der Waals surface area contributed by atoms with Crippen molar-refractivity contribution in [1.29, 1.82) is 0 Å². The molecular weight excluding hydrogens is 276 g/mol. The highest BCUT2D eigenvalue weighted by Gasteiger charge is 2.38. The van der Waals surface area contributed by atoms with Crippen LogP contribution in [0.25, 0.3) is 11.0 Å². The number of ether oxygens (including phenoxy) is 2. The Balaban J connectivity index is 2.15. The largest absolute Gasteiger partial charge is 0.493 e. The molecule has 0 saturated heterocycles. The minimum atomic E-state index is 0.390. The van der Waals surface area contributed by atoms with E-state index in [2.05, 4.69) is 16.5 Å². The molecule has 0 spiro atoms. The van der Waals surface area contributed by atoms with Gasteiger partial charge in [-0.05, 0) is 18.3 Å². The number of halogens is 1. The number of hydrogen-bond donors (Lipinski definition) is 0. The van der Waals surface area contributed by atoms with Crippen LogP contribution in [-0.2, 0) is 12.4 Å². The maximum atomic E-state index is 6.05. The van der Waals surface area contributed by atoms with Gasteiger partial charge in [-0.3, -0.25) is 0 Å². The van der Waals surface area contributed by atoms with E-state index in [1.54, 1.807) is 14.2 Å². The van der Waals surface area contributed by atoms with Gasteiger partial charge in [-0.2, -0.15) is 0 Å². The van der Waals surface area contributed by atoms with Crippen molar-refractivity contribution in [3.8, 4) is 11.5 Å². The molecule has 1 aromatic carbocycles. The molecule has 20 heavy (non-hydrogen) atoms. The molecule has 4 nitrogen and oxygen atoms in total. The van der Waals surface area contributed by atoms with Crippen molar-refractivity contribution in [2.24, 2.45) is 5.41 Å². The standard InChI is InChI=1S/C15H19ClN2O2/c1-15(4-5-15)9-18-11-7-13(20-3)12(19-2)6-10(11)17-14(18)8-16/h6-7H,4-5,8-9H2,1-3H3. The minimum absolute atomic E-state index is 0.390. The highest BCUT2D eigenvalue weighted by molar-refractivity contribution is 6.16. The molecule has 1 aliphatic carbocycles. The number of benzene rings is 1. The van der Waals surface area contributed by atoms with Crippen LogP contribution in [0.3, 0.4) is 0 Å². The highest BCUT2D eigenvalue weighted by atomic mass is 35.5. The fourth-order valence-corrected chi connectivity index (χ4v) is 2.74. The lowest BCUT2D eigenvalue weighted by molar-refractivity contribution is 0.355. The molecular formula is C15H19ClN2O2. The van der Waals surface area contributed by atoms with E-state index in [4.69, 9.17) is 21.1 Å². The first-order valence-electron chi connectivity index (χ1n) is 6.77. The number of aromatic nitrogens is 2. The summed E-state index contributed by atoms with van der Waals surface area (Å²) in [4.78, 5) is 4.62. The zero-order valence-corrected chi connectivity index (χ0v) is 12.8. The average Bonchev–Trinajstić information content (AvgIpc) is 3.09. The molecule has 1 saturated carbocycles. The van der Waals surface area contributed by atoms with E-state index >= 15 is 0 Å². The molecule has 108 valence electrons. The number of methoxy groups -OCH3 is 2. The molecule has 5 heteroatoms. The summed E-state index contributed by atoms with van der Waals surface area (Å²) in [5.74, 6) is 2.74. The Morgan fingerprint density at radius 3 is 2.45 bits per heavy atom. The van der Waals surface area contributed by atoms with Crippen LogP contribution in [0.5, 0.6) is 11.5 Å². The number of rotatable bonds is 5. The van der Waals surface area contributed by atoms with Crippen molar-refractivity contribution >= 4 is 22.6 Å². The molecule has 0 atom stereocenters. The Labute approximate surface area is 123 Å². The number of imidazole rings is 1. The lowest BCUT2D eigenvalue weighted by Gasteiger charge is -2.14. The molecule has 1 fully saturated rings. The highest BCUT2D eigenvalue weighted by Crippen LogP contribution is 2.47. The lowest BCUT2D eigenvalue weighted by atomic mass is 10.1. The molecule has 0 radical (unpaired) electrons. The fraction of sp³-hybridized carbons (Fsp3) is 0.533. The molecule has 0 bridgehead atoms. The van der Waals surface area contributed by atoms with Crippen molar-refractivity contribution in [3.63, 3.8) is 0 Å². The fourth-order valence-electron chi connectivity index (χ4n) is 2.53. The number of hydrogen-bond acceptors (Lipinski definition) is 3. The van der Waals surface area contributed by atoms with Crippen molar-refractivity contribution in [3.05, 3.63) is 18.0 Å². The molecule has 0 unspecified atom stereocenters. The predicted molar refractivity (Wildman–Crippen MR) is 79.7 cm³/mol. The second-order valence-corrected chi connectivity index (χ2v) is 6.02. The summed E-state index contributed by atoms with van der Waals surface area (Å²) < 4.78 is 12.9. The predicted octanol–water partition coefficient (Wildman–Crippen LogP) is 3.59. The summed E-state index contributed by atoms with van der Waals surface area (Å²) in [6.45, 7) is 3.26. The monoisotopic (exact) mass is 294 g/mol. The smallest absolute Gasteiger partial charge is 0.163 e. The van der Waals surface area contributed by atoms with Crippen molar-refractivity contribution in [2.45, 2.75) is 32.2 Å². The van der Waals surface area contributed by atoms with Gasteiger partial charge in [0, 0.05) is 18.7 Å². The Morgan fingerprint density at radius 1 is 1.25 bits per heavy atom. The second kappa shape index (κ2) is 4.85. The third-order valence-corrected chi connectivity index (χ3v) is 4.33. The molecule has 1 aromatic heterocycles. The summed E-state index contributed by atoms with van der Waals surface area (Å²) in [7, 11) is 3.28. The van der Waals surface area contributed by atoms with Gasteiger partial charge in [0.05, 0.1) is 31.1 Å². The number of nitrogens with zero attached hydrogens (tertiary/aromatic N) is 2. The first kappa shape index (κ1) is 13.6. The van der Waals surface area contributed by atoms with Crippen LogP contribution in [-0.4, -0.2) is 23.8 Å². The summed E-state index contributed by atoms with van der Waals surface area (Å²) >= 11 is 6.05. The van der Waals surface area contributed by atoms with E-state index in [9.17, 15) is 0 Å². The van der Waals surface area contributed by atoms with E-state index < -0.39 is 0 Å². The summed E-state index contributed by atoms with van der Waals surface area (Å²) in [6.07, 6.45) is 2.53. The molecule has 3 rings (SSSR count). The van der Waals surface area contributed by atoms with Crippen molar-refractivity contribution in [2.75, 3.05) is 14.2 Å². The lowest BCUT2D eigenvalue weighted by Crippen LogP contribution is -2.10. The van der Waals surface area contributed by atoms with Gasteiger partial charge >= 0.3 is 0 Å². The van der Waals surface area contributed by atoms with Gasteiger partial charge in [-0.25, -0.2) is 4.98 Å². The van der Waals surface area contributed by atoms with Crippen LogP contribution in [0.4, 0.5) is 0 Å². The topological polar surface area (TPSA) is 36.3 Å². The first-order valence-corrected chi connectivity index (χ1v) is 7.31. The molecule has 0 N–H and O–H groups in total. The third kappa shape index (κ3) is 2.22. The molecule has 1 heterocycles. The molecule has 1 aliphatic rings. The van der Waals surface area contributed by atoms with Crippen LogP contribution in [0.2, 0.25) is 0 Å². The average molecular weight is 295 g/mol. The van der Waals surface area contributed by atoms with Gasteiger partial charge in [-0.1, -0.05) is 6.92 Å². The van der Waals surface area contributed by atoms with Crippen molar-refractivity contribution < 1.29 is 9.47 Å². The van der Waals surface area contributed by atoms with E-state index in [1.165, 1.54) is 12.8 Å². The molecule has 2 aromatic rings. The Hall–Kier alpha value is -1.42. The van der Waals surface area contributed by atoms with E-state index in [0.29, 0.717) is 17.0 Å². The maximum Gasteiger partial charge on any atom is 0.163 e. The Morgan fingerprint density at radius 2 is 1.90 bits per heavy atom. The van der Waals surface area contributed by atoms with Crippen LogP contribution < -0.4 is 9.47 Å². The summed E-state index contributed by atoms with van der Waals surface area (Å²) in [5.41, 5.74) is 2.36. The van der Waals surface area contributed by atoms with Crippen LogP contribution in [0.15, 0.2) is 12.1 Å². The summed E-state index contributed by atoms with van der Waals surface area (Å²) in [5, 5.41) is 0. The molecule has 0 aliphatic heterocycles. The van der Waals surface area contributed by atoms with Gasteiger partial charge < -0.3 is 14.0 Å². The van der Waals surface area contributed by atoms with Crippen LogP contribution >= 0.6 is 11.6 Å².